The van der Waals surface area contributed by atoms with Crippen LogP contribution < -0.4 is 5.32 Å². The number of hydrogen-bond donors (Lipinski definition) is 1. The van der Waals surface area contributed by atoms with Gasteiger partial charge in [-0.25, -0.2) is 4.39 Å². The van der Waals surface area contributed by atoms with E-state index in [1.807, 2.05) is 13.0 Å². The summed E-state index contributed by atoms with van der Waals surface area (Å²) in [5.41, 5.74) is 0.799. The van der Waals surface area contributed by atoms with Crippen molar-refractivity contribution in [2.45, 2.75) is 39.2 Å². The minimum absolute atomic E-state index is 0.117. The second-order valence-corrected chi connectivity index (χ2v) is 8.05. The van der Waals surface area contributed by atoms with Crippen LogP contribution in [0.1, 0.15) is 49.1 Å². The number of thiophene rings is 1. The molecule has 0 radical (unpaired) electrons. The van der Waals surface area contributed by atoms with Crippen LogP contribution >= 0.6 is 27.3 Å². The van der Waals surface area contributed by atoms with Crippen LogP contribution in [-0.2, 0) is 5.41 Å². The van der Waals surface area contributed by atoms with Gasteiger partial charge in [0.1, 0.15) is 5.82 Å². The maximum Gasteiger partial charge on any atom is 0.129 e. The van der Waals surface area contributed by atoms with E-state index in [1.54, 1.807) is 17.4 Å². The van der Waals surface area contributed by atoms with Crippen molar-refractivity contribution in [3.05, 3.63) is 55.9 Å². The predicted molar refractivity (Wildman–Crippen MR) is 92.6 cm³/mol. The van der Waals surface area contributed by atoms with Crippen LogP contribution in [0.5, 0.6) is 0 Å². The highest BCUT2D eigenvalue weighted by Gasteiger charge is 2.24. The Morgan fingerprint density at radius 3 is 2.48 bits per heavy atom. The van der Waals surface area contributed by atoms with Crippen LogP contribution in [0.2, 0.25) is 0 Å². The summed E-state index contributed by atoms with van der Waals surface area (Å²) in [5.74, 6) is -0.180. The van der Waals surface area contributed by atoms with E-state index in [1.165, 1.54) is 10.9 Å². The first kappa shape index (κ1) is 16.7. The van der Waals surface area contributed by atoms with Crippen LogP contribution in [0.15, 0.2) is 34.8 Å². The van der Waals surface area contributed by atoms with Crippen LogP contribution in [-0.4, -0.2) is 6.54 Å². The molecule has 1 aromatic carbocycles. The lowest BCUT2D eigenvalue weighted by atomic mass is 9.95. The van der Waals surface area contributed by atoms with E-state index in [9.17, 15) is 4.39 Å². The Bertz CT molecular complexity index is 595. The molecular formula is C17H21BrFNS. The molecule has 0 bridgehead atoms. The maximum absolute atomic E-state index is 14.3. The second kappa shape index (κ2) is 6.59. The van der Waals surface area contributed by atoms with E-state index in [0.717, 1.165) is 15.9 Å². The molecule has 0 aliphatic carbocycles. The molecule has 0 saturated heterocycles. The quantitative estimate of drug-likeness (QED) is 0.734. The van der Waals surface area contributed by atoms with Crippen LogP contribution in [0.25, 0.3) is 0 Å². The molecule has 0 fully saturated rings. The summed E-state index contributed by atoms with van der Waals surface area (Å²) in [7, 11) is 0. The Balaban J connectivity index is 2.47. The van der Waals surface area contributed by atoms with Gasteiger partial charge in [0, 0.05) is 19.8 Å². The van der Waals surface area contributed by atoms with E-state index in [2.05, 4.69) is 54.2 Å². The number of halogens is 2. The summed E-state index contributed by atoms with van der Waals surface area (Å²) in [4.78, 5) is 2.46. The number of nitrogens with one attached hydrogen (secondary N) is 1. The van der Waals surface area contributed by atoms with Gasteiger partial charge in [0.25, 0.3) is 0 Å². The summed E-state index contributed by atoms with van der Waals surface area (Å²) in [5, 5.41) is 3.40. The third-order valence-electron chi connectivity index (χ3n) is 3.35. The van der Waals surface area contributed by atoms with Crippen molar-refractivity contribution in [2.24, 2.45) is 0 Å². The summed E-state index contributed by atoms with van der Waals surface area (Å²) in [6.45, 7) is 9.42. The van der Waals surface area contributed by atoms with E-state index < -0.39 is 0 Å². The minimum atomic E-state index is -0.180. The number of hydrogen-bond acceptors (Lipinski definition) is 2. The molecule has 2 rings (SSSR count). The van der Waals surface area contributed by atoms with Gasteiger partial charge < -0.3 is 5.32 Å². The number of rotatable bonds is 4. The smallest absolute Gasteiger partial charge is 0.129 e. The maximum atomic E-state index is 14.3. The van der Waals surface area contributed by atoms with Crippen LogP contribution in [0.3, 0.4) is 0 Å². The molecule has 1 atom stereocenters. The molecule has 0 spiro atoms. The van der Waals surface area contributed by atoms with E-state index in [4.69, 9.17) is 0 Å². The van der Waals surface area contributed by atoms with Gasteiger partial charge in [0.15, 0.2) is 0 Å². The SMILES string of the molecule is CCNC(c1ccc(C(C)(C)C)s1)c1c(F)cccc1Br. The van der Waals surface area contributed by atoms with Gasteiger partial charge in [0.2, 0.25) is 0 Å². The normalized spacial score (nSPS) is 13.4. The zero-order valence-corrected chi connectivity index (χ0v) is 15.2. The standard InChI is InChI=1S/C17H21BrFNS/c1-5-20-16(15-11(18)7-6-8-12(15)19)13-9-10-14(21-13)17(2,3)4/h6-10,16,20H,5H2,1-4H3. The molecule has 2 aromatic rings. The molecule has 1 nitrogen and oxygen atoms in total. The largest absolute Gasteiger partial charge is 0.306 e. The Labute approximate surface area is 138 Å². The highest BCUT2D eigenvalue weighted by Crippen LogP contribution is 2.37. The molecular weight excluding hydrogens is 349 g/mol. The minimum Gasteiger partial charge on any atom is -0.306 e. The molecule has 4 heteroatoms. The third-order valence-corrected chi connectivity index (χ3v) is 5.61. The van der Waals surface area contributed by atoms with Crippen molar-refractivity contribution < 1.29 is 4.39 Å². The van der Waals surface area contributed by atoms with Gasteiger partial charge in [-0.05, 0) is 36.2 Å². The first-order chi connectivity index (χ1) is 9.84. The van der Waals surface area contributed by atoms with Crippen molar-refractivity contribution in [2.75, 3.05) is 6.54 Å². The zero-order chi connectivity index (χ0) is 15.6. The third kappa shape index (κ3) is 3.74. The van der Waals surface area contributed by atoms with Gasteiger partial charge >= 0.3 is 0 Å². The lowest BCUT2D eigenvalue weighted by Crippen LogP contribution is -2.22. The van der Waals surface area contributed by atoms with Gasteiger partial charge in [-0.15, -0.1) is 11.3 Å². The molecule has 0 aliphatic rings. The zero-order valence-electron chi connectivity index (χ0n) is 12.8. The molecule has 1 heterocycles. The molecule has 1 N–H and O–H groups in total. The molecule has 1 aromatic heterocycles. The molecule has 21 heavy (non-hydrogen) atoms. The van der Waals surface area contributed by atoms with Crippen molar-refractivity contribution in [3.63, 3.8) is 0 Å². The lowest BCUT2D eigenvalue weighted by molar-refractivity contribution is 0.561. The van der Waals surface area contributed by atoms with Crippen molar-refractivity contribution >= 4 is 27.3 Å². The van der Waals surface area contributed by atoms with Crippen LogP contribution in [0, 0.1) is 5.82 Å². The van der Waals surface area contributed by atoms with Crippen molar-refractivity contribution in [1.82, 2.24) is 5.32 Å². The summed E-state index contributed by atoms with van der Waals surface area (Å²) in [6, 6.07) is 9.27. The van der Waals surface area contributed by atoms with Crippen molar-refractivity contribution in [1.29, 1.82) is 0 Å². The Hall–Kier alpha value is -0.710. The highest BCUT2D eigenvalue weighted by atomic mass is 79.9. The van der Waals surface area contributed by atoms with E-state index >= 15 is 0 Å². The van der Waals surface area contributed by atoms with Gasteiger partial charge in [-0.3, -0.25) is 0 Å². The fraction of sp³-hybridized carbons (Fsp3) is 0.412. The van der Waals surface area contributed by atoms with Crippen molar-refractivity contribution in [3.8, 4) is 0 Å². The lowest BCUT2D eigenvalue weighted by Gasteiger charge is -2.20. The average Bonchev–Trinajstić information content (AvgIpc) is 2.86. The Kier molecular flexibility index (Phi) is 5.23. The van der Waals surface area contributed by atoms with Gasteiger partial charge in [-0.1, -0.05) is 49.7 Å². The van der Waals surface area contributed by atoms with Gasteiger partial charge in [0.05, 0.1) is 6.04 Å². The molecule has 0 aliphatic heterocycles. The molecule has 114 valence electrons. The fourth-order valence-corrected chi connectivity index (χ4v) is 3.97. The first-order valence-electron chi connectivity index (χ1n) is 7.12. The van der Waals surface area contributed by atoms with Crippen LogP contribution in [0.4, 0.5) is 4.39 Å². The second-order valence-electron chi connectivity index (χ2n) is 6.08. The average molecular weight is 370 g/mol. The molecule has 0 saturated carbocycles. The Morgan fingerprint density at radius 1 is 1.24 bits per heavy atom. The first-order valence-corrected chi connectivity index (χ1v) is 8.73. The molecule has 1 unspecified atom stereocenters. The van der Waals surface area contributed by atoms with E-state index in [0.29, 0.717) is 5.56 Å². The topological polar surface area (TPSA) is 12.0 Å². The number of benzene rings is 1. The summed E-state index contributed by atoms with van der Waals surface area (Å²) >= 11 is 5.24. The monoisotopic (exact) mass is 369 g/mol. The molecule has 0 amide bonds. The Morgan fingerprint density at radius 2 is 1.95 bits per heavy atom. The highest BCUT2D eigenvalue weighted by molar-refractivity contribution is 9.10. The predicted octanol–water partition coefficient (Wildman–Crippen LogP) is 5.65. The fourth-order valence-electron chi connectivity index (χ4n) is 2.25. The summed E-state index contributed by atoms with van der Waals surface area (Å²) < 4.78 is 15.1. The van der Waals surface area contributed by atoms with E-state index in [-0.39, 0.29) is 17.3 Å². The summed E-state index contributed by atoms with van der Waals surface area (Å²) in [6.07, 6.45) is 0. The van der Waals surface area contributed by atoms with Gasteiger partial charge in [-0.2, -0.15) is 0 Å².